The Kier molecular flexibility index (Phi) is 8.62. The lowest BCUT2D eigenvalue weighted by Gasteiger charge is -2.23. The number of esters is 1. The van der Waals surface area contributed by atoms with Crippen LogP contribution >= 0.6 is 0 Å². The summed E-state index contributed by atoms with van der Waals surface area (Å²) in [6.07, 6.45) is 0.0648. The SMILES string of the molecule is CC[C@@H](CNC(=O)[C@H](C)OC(=O)c1ccc(C[NH+]2CCOCC2)cc1)c1ccccc1. The quantitative estimate of drug-likeness (QED) is 0.603. The van der Waals surface area contributed by atoms with Crippen molar-refractivity contribution in [3.8, 4) is 0 Å². The molecule has 1 amide bonds. The maximum atomic E-state index is 12.5. The predicted octanol–water partition coefficient (Wildman–Crippen LogP) is 1.96. The van der Waals surface area contributed by atoms with Crippen LogP contribution in [-0.2, 0) is 20.8 Å². The maximum Gasteiger partial charge on any atom is 0.338 e. The number of carbonyl (C=O) groups is 2. The van der Waals surface area contributed by atoms with Gasteiger partial charge in [-0.2, -0.15) is 0 Å². The second-order valence-corrected chi connectivity index (χ2v) is 8.04. The molecule has 1 saturated heterocycles. The predicted molar refractivity (Wildman–Crippen MR) is 119 cm³/mol. The van der Waals surface area contributed by atoms with E-state index >= 15 is 0 Å². The summed E-state index contributed by atoms with van der Waals surface area (Å²) in [5.74, 6) is -0.535. The number of quaternary nitrogens is 1. The Hall–Kier alpha value is -2.70. The Morgan fingerprint density at radius 3 is 2.39 bits per heavy atom. The van der Waals surface area contributed by atoms with E-state index in [1.165, 1.54) is 16.0 Å². The van der Waals surface area contributed by atoms with Gasteiger partial charge in [-0.1, -0.05) is 49.4 Å². The lowest BCUT2D eigenvalue weighted by molar-refractivity contribution is -0.921. The van der Waals surface area contributed by atoms with E-state index in [-0.39, 0.29) is 11.8 Å². The molecule has 166 valence electrons. The van der Waals surface area contributed by atoms with Gasteiger partial charge in [0.1, 0.15) is 19.6 Å². The highest BCUT2D eigenvalue weighted by atomic mass is 16.5. The fourth-order valence-corrected chi connectivity index (χ4v) is 3.76. The van der Waals surface area contributed by atoms with E-state index < -0.39 is 12.1 Å². The van der Waals surface area contributed by atoms with Gasteiger partial charge >= 0.3 is 5.97 Å². The zero-order valence-corrected chi connectivity index (χ0v) is 18.4. The number of benzene rings is 2. The van der Waals surface area contributed by atoms with E-state index in [9.17, 15) is 9.59 Å². The van der Waals surface area contributed by atoms with Crippen LogP contribution in [0.1, 0.15) is 47.7 Å². The molecule has 1 fully saturated rings. The fourth-order valence-electron chi connectivity index (χ4n) is 3.76. The molecular weight excluding hydrogens is 392 g/mol. The first kappa shape index (κ1) is 23.0. The average Bonchev–Trinajstić information content (AvgIpc) is 2.81. The van der Waals surface area contributed by atoms with E-state index in [4.69, 9.17) is 9.47 Å². The lowest BCUT2D eigenvalue weighted by atomic mass is 9.96. The van der Waals surface area contributed by atoms with Crippen LogP contribution in [0.5, 0.6) is 0 Å². The largest absolute Gasteiger partial charge is 0.449 e. The molecule has 0 bridgehead atoms. The molecule has 31 heavy (non-hydrogen) atoms. The highest BCUT2D eigenvalue weighted by molar-refractivity contribution is 5.92. The number of hydrogen-bond acceptors (Lipinski definition) is 4. The third-order valence-electron chi connectivity index (χ3n) is 5.78. The summed E-state index contributed by atoms with van der Waals surface area (Å²) < 4.78 is 10.8. The highest BCUT2D eigenvalue weighted by Gasteiger charge is 2.20. The van der Waals surface area contributed by atoms with Gasteiger partial charge in [0, 0.05) is 18.0 Å². The van der Waals surface area contributed by atoms with E-state index in [2.05, 4.69) is 24.4 Å². The molecular formula is C25H33N2O4+. The number of amides is 1. The molecule has 0 saturated carbocycles. The van der Waals surface area contributed by atoms with Gasteiger partial charge in [0.25, 0.3) is 5.91 Å². The van der Waals surface area contributed by atoms with Gasteiger partial charge < -0.3 is 19.7 Å². The van der Waals surface area contributed by atoms with Crippen molar-refractivity contribution < 1.29 is 24.0 Å². The molecule has 2 aromatic rings. The van der Waals surface area contributed by atoms with Crippen LogP contribution in [0.15, 0.2) is 54.6 Å². The monoisotopic (exact) mass is 425 g/mol. The maximum absolute atomic E-state index is 12.5. The number of nitrogens with one attached hydrogen (secondary N) is 2. The second-order valence-electron chi connectivity index (χ2n) is 8.04. The fraction of sp³-hybridized carbons (Fsp3) is 0.440. The van der Waals surface area contributed by atoms with Crippen molar-refractivity contribution in [3.63, 3.8) is 0 Å². The van der Waals surface area contributed by atoms with Gasteiger partial charge in [-0.15, -0.1) is 0 Å². The molecule has 2 N–H and O–H groups in total. The smallest absolute Gasteiger partial charge is 0.338 e. The number of rotatable bonds is 9. The Labute approximate surface area is 184 Å². The molecule has 1 aliphatic heterocycles. The third kappa shape index (κ3) is 6.91. The van der Waals surface area contributed by atoms with Crippen LogP contribution in [0.3, 0.4) is 0 Å². The van der Waals surface area contributed by atoms with Crippen LogP contribution in [0, 0.1) is 0 Å². The van der Waals surface area contributed by atoms with Gasteiger partial charge in [0.15, 0.2) is 6.10 Å². The zero-order chi connectivity index (χ0) is 22.1. The lowest BCUT2D eigenvalue weighted by Crippen LogP contribution is -3.12. The number of morpholine rings is 1. The molecule has 0 spiro atoms. The Morgan fingerprint density at radius 1 is 1.06 bits per heavy atom. The van der Waals surface area contributed by atoms with Crippen molar-refractivity contribution in [2.75, 3.05) is 32.8 Å². The summed E-state index contributed by atoms with van der Waals surface area (Å²) in [6, 6.07) is 17.5. The summed E-state index contributed by atoms with van der Waals surface area (Å²) in [5, 5.41) is 2.91. The molecule has 0 aliphatic carbocycles. The standard InChI is InChI=1S/C25H32N2O4/c1-3-21(22-7-5-4-6-8-22)17-26-24(28)19(2)31-25(29)23-11-9-20(10-12-23)18-27-13-15-30-16-14-27/h4-12,19,21H,3,13-18H2,1-2H3,(H,26,28)/p+1/t19-,21-/m0/s1. The summed E-state index contributed by atoms with van der Waals surface area (Å²) in [6.45, 7) is 8.72. The highest BCUT2D eigenvalue weighted by Crippen LogP contribution is 2.18. The van der Waals surface area contributed by atoms with Crippen molar-refractivity contribution >= 4 is 11.9 Å². The second kappa shape index (κ2) is 11.6. The summed E-state index contributed by atoms with van der Waals surface area (Å²) in [7, 11) is 0. The van der Waals surface area contributed by atoms with Gasteiger partial charge in [0.2, 0.25) is 0 Å². The molecule has 6 nitrogen and oxygen atoms in total. The van der Waals surface area contributed by atoms with Gasteiger partial charge in [-0.3, -0.25) is 4.79 Å². The molecule has 2 aromatic carbocycles. The molecule has 0 unspecified atom stereocenters. The third-order valence-corrected chi connectivity index (χ3v) is 5.78. The number of carbonyl (C=O) groups excluding carboxylic acids is 2. The summed E-state index contributed by atoms with van der Waals surface area (Å²) in [5.41, 5.74) is 2.82. The Balaban J connectivity index is 1.47. The molecule has 1 heterocycles. The molecule has 3 rings (SSSR count). The Morgan fingerprint density at radius 2 is 1.74 bits per heavy atom. The molecule has 0 radical (unpaired) electrons. The minimum Gasteiger partial charge on any atom is -0.449 e. The average molecular weight is 426 g/mol. The van der Waals surface area contributed by atoms with Crippen molar-refractivity contribution in [2.24, 2.45) is 0 Å². The topological polar surface area (TPSA) is 69.1 Å². The van der Waals surface area contributed by atoms with Crippen molar-refractivity contribution in [3.05, 3.63) is 71.3 Å². The van der Waals surface area contributed by atoms with E-state index in [1.807, 2.05) is 30.3 Å². The molecule has 1 aliphatic rings. The van der Waals surface area contributed by atoms with Crippen molar-refractivity contribution in [2.45, 2.75) is 38.8 Å². The van der Waals surface area contributed by atoms with Crippen molar-refractivity contribution in [1.82, 2.24) is 5.32 Å². The molecule has 0 aromatic heterocycles. The minimum atomic E-state index is -0.849. The van der Waals surface area contributed by atoms with E-state index in [0.29, 0.717) is 12.1 Å². The first-order chi connectivity index (χ1) is 15.1. The van der Waals surface area contributed by atoms with Gasteiger partial charge in [-0.25, -0.2) is 4.79 Å². The van der Waals surface area contributed by atoms with Crippen LogP contribution in [-0.4, -0.2) is 50.8 Å². The first-order valence-corrected chi connectivity index (χ1v) is 11.1. The van der Waals surface area contributed by atoms with Gasteiger partial charge in [-0.05, 0) is 31.0 Å². The van der Waals surface area contributed by atoms with E-state index in [0.717, 1.165) is 39.3 Å². The molecule has 6 heteroatoms. The van der Waals surface area contributed by atoms with Crippen LogP contribution < -0.4 is 10.2 Å². The van der Waals surface area contributed by atoms with Gasteiger partial charge in [0.05, 0.1) is 18.8 Å². The van der Waals surface area contributed by atoms with Crippen LogP contribution in [0.2, 0.25) is 0 Å². The normalized spacial score (nSPS) is 16.3. The number of hydrogen-bond donors (Lipinski definition) is 2. The number of ether oxygens (including phenoxy) is 2. The van der Waals surface area contributed by atoms with Crippen molar-refractivity contribution in [1.29, 1.82) is 0 Å². The van der Waals surface area contributed by atoms with Crippen LogP contribution in [0.4, 0.5) is 0 Å². The molecule has 2 atom stereocenters. The minimum absolute atomic E-state index is 0.231. The summed E-state index contributed by atoms with van der Waals surface area (Å²) in [4.78, 5) is 26.4. The zero-order valence-electron chi connectivity index (χ0n) is 18.4. The first-order valence-electron chi connectivity index (χ1n) is 11.1. The van der Waals surface area contributed by atoms with Crippen LogP contribution in [0.25, 0.3) is 0 Å². The Bertz CT molecular complexity index is 832. The van der Waals surface area contributed by atoms with E-state index in [1.54, 1.807) is 19.1 Å². The summed E-state index contributed by atoms with van der Waals surface area (Å²) >= 11 is 0.